The predicted molar refractivity (Wildman–Crippen MR) is 109 cm³/mol. The summed E-state index contributed by atoms with van der Waals surface area (Å²) in [6.45, 7) is 5.03. The number of thiophene rings is 1. The fourth-order valence-corrected chi connectivity index (χ4v) is 5.29. The number of hydrogen-bond acceptors (Lipinski definition) is 6. The van der Waals surface area contributed by atoms with Crippen molar-refractivity contribution in [2.75, 3.05) is 12.3 Å². The number of nitrogens with zero attached hydrogens (tertiary/aromatic N) is 2. The minimum Gasteiger partial charge on any atom is -0.338 e. The maximum absolute atomic E-state index is 13.1. The summed E-state index contributed by atoms with van der Waals surface area (Å²) in [6.07, 6.45) is 4.66. The molecule has 0 bridgehead atoms. The van der Waals surface area contributed by atoms with Crippen molar-refractivity contribution < 1.29 is 9.59 Å². The molecule has 3 amide bonds. The lowest BCUT2D eigenvalue weighted by Gasteiger charge is -2.11. The number of imide groups is 1. The third-order valence-corrected chi connectivity index (χ3v) is 6.52. The zero-order chi connectivity index (χ0) is 19.4. The van der Waals surface area contributed by atoms with Crippen LogP contribution in [-0.2, 0) is 24.2 Å². The van der Waals surface area contributed by atoms with Gasteiger partial charge in [0.25, 0.3) is 5.56 Å². The molecular weight excluding hydrogens is 384 g/mol. The number of carbonyl (C=O) groups is 2. The van der Waals surface area contributed by atoms with Gasteiger partial charge < -0.3 is 5.32 Å². The molecule has 0 fully saturated rings. The smallest absolute Gasteiger partial charge is 0.321 e. The fraction of sp³-hybridized carbons (Fsp3) is 0.556. The topological polar surface area (TPSA) is 93.1 Å². The number of hydrogen-bond donors (Lipinski definition) is 2. The van der Waals surface area contributed by atoms with Gasteiger partial charge in [-0.05, 0) is 37.7 Å². The molecule has 0 atom stereocenters. The molecule has 2 N–H and O–H groups in total. The van der Waals surface area contributed by atoms with E-state index in [2.05, 4.69) is 15.6 Å². The van der Waals surface area contributed by atoms with Gasteiger partial charge in [-0.3, -0.25) is 19.5 Å². The molecule has 1 aliphatic rings. The predicted octanol–water partition coefficient (Wildman–Crippen LogP) is 2.68. The third-order valence-electron chi connectivity index (χ3n) is 4.36. The number of fused-ring (bicyclic) bond motifs is 3. The van der Waals surface area contributed by atoms with Crippen molar-refractivity contribution >= 4 is 45.3 Å². The van der Waals surface area contributed by atoms with Crippen molar-refractivity contribution in [2.45, 2.75) is 57.7 Å². The second-order valence-corrected chi connectivity index (χ2v) is 8.51. The normalized spacial score (nSPS) is 13.0. The summed E-state index contributed by atoms with van der Waals surface area (Å²) in [5.41, 5.74) is 1.16. The highest BCUT2D eigenvalue weighted by Crippen LogP contribution is 2.35. The van der Waals surface area contributed by atoms with E-state index in [4.69, 9.17) is 0 Å². The molecule has 27 heavy (non-hydrogen) atoms. The molecule has 2 aromatic rings. The standard InChI is InChI=1S/C18H24N4O3S2/c1-3-8-19-17(25)20-13(23)10-26-18-21-15-14(16(24)22(18)9-4-2)11-6-5-7-12(11)27-15/h3-10H2,1-2H3,(H2,19,20,23,25). The van der Waals surface area contributed by atoms with E-state index in [0.717, 1.165) is 42.3 Å². The Bertz CT molecular complexity index is 919. The molecule has 3 rings (SSSR count). The van der Waals surface area contributed by atoms with Crippen LogP contribution in [-0.4, -0.2) is 33.8 Å². The SMILES string of the molecule is CCCNC(=O)NC(=O)CSc1nc2sc3c(c2c(=O)n1CCC)CCC3. The zero-order valence-corrected chi connectivity index (χ0v) is 17.2. The molecule has 0 saturated carbocycles. The van der Waals surface area contributed by atoms with E-state index >= 15 is 0 Å². The summed E-state index contributed by atoms with van der Waals surface area (Å²) < 4.78 is 1.67. The molecule has 2 heterocycles. The number of aryl methyl sites for hydroxylation is 2. The highest BCUT2D eigenvalue weighted by atomic mass is 32.2. The van der Waals surface area contributed by atoms with Gasteiger partial charge in [-0.2, -0.15) is 0 Å². The Balaban J connectivity index is 1.79. The molecule has 2 aromatic heterocycles. The van der Waals surface area contributed by atoms with Crippen LogP contribution in [0.3, 0.4) is 0 Å². The van der Waals surface area contributed by atoms with Crippen LogP contribution in [0.4, 0.5) is 4.79 Å². The van der Waals surface area contributed by atoms with Crippen LogP contribution in [0.5, 0.6) is 0 Å². The van der Waals surface area contributed by atoms with Gasteiger partial charge in [0.15, 0.2) is 5.16 Å². The fourth-order valence-electron chi connectivity index (χ4n) is 3.16. The first kappa shape index (κ1) is 19.9. The Hall–Kier alpha value is -1.87. The lowest BCUT2D eigenvalue weighted by molar-refractivity contribution is -0.117. The minimum absolute atomic E-state index is 0.00940. The molecule has 9 heteroatoms. The van der Waals surface area contributed by atoms with Gasteiger partial charge in [0.05, 0.1) is 11.1 Å². The molecule has 0 aromatic carbocycles. The number of rotatable bonds is 7. The van der Waals surface area contributed by atoms with Gasteiger partial charge in [-0.15, -0.1) is 11.3 Å². The van der Waals surface area contributed by atoms with E-state index < -0.39 is 11.9 Å². The van der Waals surface area contributed by atoms with E-state index in [1.54, 1.807) is 15.9 Å². The average Bonchev–Trinajstić information content (AvgIpc) is 3.21. The molecule has 7 nitrogen and oxygen atoms in total. The highest BCUT2D eigenvalue weighted by Gasteiger charge is 2.23. The van der Waals surface area contributed by atoms with Crippen LogP contribution < -0.4 is 16.2 Å². The zero-order valence-electron chi connectivity index (χ0n) is 15.6. The monoisotopic (exact) mass is 408 g/mol. The average molecular weight is 409 g/mol. The highest BCUT2D eigenvalue weighted by molar-refractivity contribution is 7.99. The van der Waals surface area contributed by atoms with E-state index in [9.17, 15) is 14.4 Å². The molecular formula is C18H24N4O3S2. The van der Waals surface area contributed by atoms with Gasteiger partial charge in [-0.1, -0.05) is 25.6 Å². The van der Waals surface area contributed by atoms with E-state index in [1.165, 1.54) is 22.2 Å². The first-order valence-electron chi connectivity index (χ1n) is 9.30. The molecule has 0 aliphatic heterocycles. The Labute approximate surface area is 165 Å². The van der Waals surface area contributed by atoms with Crippen LogP contribution in [0.2, 0.25) is 0 Å². The Morgan fingerprint density at radius 1 is 1.26 bits per heavy atom. The number of nitrogens with one attached hydrogen (secondary N) is 2. The quantitative estimate of drug-likeness (QED) is 0.543. The van der Waals surface area contributed by atoms with E-state index in [-0.39, 0.29) is 11.3 Å². The summed E-state index contributed by atoms with van der Waals surface area (Å²) in [5, 5.41) is 6.19. The molecule has 1 aliphatic carbocycles. The number of thioether (sulfide) groups is 1. The van der Waals surface area contributed by atoms with E-state index in [1.807, 2.05) is 13.8 Å². The van der Waals surface area contributed by atoms with Crippen LogP contribution in [0.25, 0.3) is 10.2 Å². The Kier molecular flexibility index (Phi) is 6.54. The summed E-state index contributed by atoms with van der Waals surface area (Å²) in [5.74, 6) is -0.369. The molecule has 0 radical (unpaired) electrons. The molecule has 0 spiro atoms. The van der Waals surface area contributed by atoms with Crippen LogP contribution in [0.1, 0.15) is 43.6 Å². The molecule has 0 unspecified atom stereocenters. The van der Waals surface area contributed by atoms with Crippen molar-refractivity contribution in [3.8, 4) is 0 Å². The summed E-state index contributed by atoms with van der Waals surface area (Å²) in [7, 11) is 0. The number of aromatic nitrogens is 2. The Morgan fingerprint density at radius 2 is 2.07 bits per heavy atom. The van der Waals surface area contributed by atoms with Crippen molar-refractivity contribution in [2.24, 2.45) is 0 Å². The lowest BCUT2D eigenvalue weighted by Crippen LogP contribution is -2.40. The second kappa shape index (κ2) is 8.88. The summed E-state index contributed by atoms with van der Waals surface area (Å²) in [6, 6.07) is -0.494. The van der Waals surface area contributed by atoms with Crippen molar-refractivity contribution in [3.63, 3.8) is 0 Å². The van der Waals surface area contributed by atoms with Crippen molar-refractivity contribution in [3.05, 3.63) is 20.8 Å². The first-order chi connectivity index (χ1) is 13.0. The molecule has 146 valence electrons. The first-order valence-corrected chi connectivity index (χ1v) is 11.1. The van der Waals surface area contributed by atoms with Gasteiger partial charge in [-0.25, -0.2) is 9.78 Å². The van der Waals surface area contributed by atoms with Gasteiger partial charge in [0, 0.05) is 18.0 Å². The van der Waals surface area contributed by atoms with Gasteiger partial charge in [0.2, 0.25) is 5.91 Å². The summed E-state index contributed by atoms with van der Waals surface area (Å²) in [4.78, 5) is 43.4. The van der Waals surface area contributed by atoms with Crippen LogP contribution in [0.15, 0.2) is 9.95 Å². The lowest BCUT2D eigenvalue weighted by atomic mass is 10.2. The van der Waals surface area contributed by atoms with Gasteiger partial charge >= 0.3 is 6.03 Å². The largest absolute Gasteiger partial charge is 0.338 e. The van der Waals surface area contributed by atoms with Crippen LogP contribution in [0, 0.1) is 0 Å². The molecule has 0 saturated heterocycles. The van der Waals surface area contributed by atoms with Crippen LogP contribution >= 0.6 is 23.1 Å². The number of carbonyl (C=O) groups excluding carboxylic acids is 2. The second-order valence-electron chi connectivity index (χ2n) is 6.48. The summed E-state index contributed by atoms with van der Waals surface area (Å²) >= 11 is 2.79. The maximum Gasteiger partial charge on any atom is 0.321 e. The van der Waals surface area contributed by atoms with Gasteiger partial charge in [0.1, 0.15) is 4.83 Å². The third kappa shape index (κ3) is 4.35. The van der Waals surface area contributed by atoms with Crippen molar-refractivity contribution in [1.82, 2.24) is 20.2 Å². The van der Waals surface area contributed by atoms with E-state index in [0.29, 0.717) is 18.2 Å². The Morgan fingerprint density at radius 3 is 2.81 bits per heavy atom. The minimum atomic E-state index is -0.494. The number of urea groups is 1. The number of amides is 3. The maximum atomic E-state index is 13.1. The van der Waals surface area contributed by atoms with Crippen molar-refractivity contribution in [1.29, 1.82) is 0 Å².